The van der Waals surface area contributed by atoms with E-state index < -0.39 is 6.16 Å². The van der Waals surface area contributed by atoms with Crippen LogP contribution in [0.15, 0.2) is 36.4 Å². The molecule has 1 aliphatic rings. The Labute approximate surface area is 146 Å². The van der Waals surface area contributed by atoms with Gasteiger partial charge in [0.15, 0.2) is 0 Å². The minimum atomic E-state index is -0.788. The lowest BCUT2D eigenvalue weighted by molar-refractivity contribution is 0.120. The van der Waals surface area contributed by atoms with Crippen LogP contribution >= 0.6 is 0 Å². The summed E-state index contributed by atoms with van der Waals surface area (Å²) in [4.78, 5) is 11.3. The van der Waals surface area contributed by atoms with Crippen LogP contribution < -0.4 is 9.47 Å². The number of hydrogen-bond donors (Lipinski definition) is 0. The molecule has 0 radical (unpaired) electrons. The van der Waals surface area contributed by atoms with Crippen molar-refractivity contribution in [3.05, 3.63) is 58.9 Å². The smallest absolute Gasteiger partial charge is 0.488 e. The standard InChI is InChI=1S/C20H21FO4/c1-3-13-10-16(14-8-9-14)19(11-17(13)21)24-12-15-6-4-5-7-18(15)25-20(22)23-2/h4-7,10-11,14H,3,8-9,12H2,1-2H3. The Morgan fingerprint density at radius 2 is 1.92 bits per heavy atom. The van der Waals surface area contributed by atoms with Crippen molar-refractivity contribution in [2.75, 3.05) is 7.11 Å². The van der Waals surface area contributed by atoms with E-state index in [4.69, 9.17) is 9.47 Å². The van der Waals surface area contributed by atoms with Crippen molar-refractivity contribution < 1.29 is 23.4 Å². The van der Waals surface area contributed by atoms with Gasteiger partial charge in [-0.3, -0.25) is 0 Å². The lowest BCUT2D eigenvalue weighted by Gasteiger charge is -2.15. The Hall–Kier alpha value is -2.56. The maximum Gasteiger partial charge on any atom is 0.513 e. The van der Waals surface area contributed by atoms with Gasteiger partial charge in [-0.15, -0.1) is 0 Å². The van der Waals surface area contributed by atoms with E-state index in [1.807, 2.05) is 19.1 Å². The summed E-state index contributed by atoms with van der Waals surface area (Å²) in [6.45, 7) is 2.12. The Morgan fingerprint density at radius 3 is 2.60 bits per heavy atom. The van der Waals surface area contributed by atoms with E-state index in [2.05, 4.69) is 4.74 Å². The fourth-order valence-corrected chi connectivity index (χ4v) is 2.74. The van der Waals surface area contributed by atoms with Gasteiger partial charge < -0.3 is 14.2 Å². The Balaban J connectivity index is 1.80. The highest BCUT2D eigenvalue weighted by molar-refractivity contribution is 5.64. The van der Waals surface area contributed by atoms with E-state index in [9.17, 15) is 9.18 Å². The molecule has 132 valence electrons. The van der Waals surface area contributed by atoms with E-state index >= 15 is 0 Å². The zero-order chi connectivity index (χ0) is 17.8. The number of methoxy groups -OCH3 is 1. The highest BCUT2D eigenvalue weighted by atomic mass is 19.1. The lowest BCUT2D eigenvalue weighted by Crippen LogP contribution is -2.10. The summed E-state index contributed by atoms with van der Waals surface area (Å²) in [6.07, 6.45) is 2.08. The zero-order valence-corrected chi connectivity index (χ0v) is 14.4. The number of ether oxygens (including phenoxy) is 3. The van der Waals surface area contributed by atoms with Gasteiger partial charge in [-0.25, -0.2) is 9.18 Å². The molecule has 0 saturated heterocycles. The van der Waals surface area contributed by atoms with E-state index in [1.165, 1.54) is 13.2 Å². The maximum absolute atomic E-state index is 14.2. The number of carbonyl (C=O) groups excluding carboxylic acids is 1. The first kappa shape index (κ1) is 17.3. The van der Waals surface area contributed by atoms with Crippen LogP contribution in [0.1, 0.15) is 42.4 Å². The van der Waals surface area contributed by atoms with Gasteiger partial charge in [0.1, 0.15) is 23.9 Å². The van der Waals surface area contributed by atoms with Crippen molar-refractivity contribution in [1.82, 2.24) is 0 Å². The van der Waals surface area contributed by atoms with Crippen LogP contribution in [0.25, 0.3) is 0 Å². The first-order valence-corrected chi connectivity index (χ1v) is 8.41. The van der Waals surface area contributed by atoms with Crippen molar-refractivity contribution in [2.24, 2.45) is 0 Å². The summed E-state index contributed by atoms with van der Waals surface area (Å²) in [6, 6.07) is 10.4. The summed E-state index contributed by atoms with van der Waals surface area (Å²) >= 11 is 0. The number of benzene rings is 2. The maximum atomic E-state index is 14.2. The van der Waals surface area contributed by atoms with Crippen LogP contribution in [-0.2, 0) is 17.8 Å². The molecule has 0 amide bonds. The van der Waals surface area contributed by atoms with Gasteiger partial charge in [-0.2, -0.15) is 0 Å². The predicted octanol–water partition coefficient (Wildman–Crippen LogP) is 4.99. The first-order valence-electron chi connectivity index (χ1n) is 8.41. The second-order valence-electron chi connectivity index (χ2n) is 6.06. The van der Waals surface area contributed by atoms with E-state index in [-0.39, 0.29) is 12.4 Å². The van der Waals surface area contributed by atoms with Gasteiger partial charge in [0, 0.05) is 11.6 Å². The number of hydrogen-bond acceptors (Lipinski definition) is 4. The minimum Gasteiger partial charge on any atom is -0.488 e. The molecule has 3 rings (SSSR count). The van der Waals surface area contributed by atoms with Gasteiger partial charge in [0.05, 0.1) is 7.11 Å². The Bertz CT molecular complexity index is 768. The van der Waals surface area contributed by atoms with E-state index in [0.717, 1.165) is 18.4 Å². The number of carbonyl (C=O) groups is 1. The average Bonchev–Trinajstić information content (AvgIpc) is 3.46. The normalized spacial score (nSPS) is 13.4. The number of aryl methyl sites for hydroxylation is 1. The number of para-hydroxylation sites is 1. The van der Waals surface area contributed by atoms with Crippen molar-refractivity contribution in [3.63, 3.8) is 0 Å². The molecule has 0 spiro atoms. The molecule has 1 fully saturated rings. The molecule has 1 aliphatic carbocycles. The Kier molecular flexibility index (Phi) is 5.22. The SMILES string of the molecule is CCc1cc(C2CC2)c(OCc2ccccc2OC(=O)OC)cc1F. The van der Waals surface area contributed by atoms with Crippen molar-refractivity contribution in [2.45, 2.75) is 38.7 Å². The molecule has 0 aromatic heterocycles. The average molecular weight is 344 g/mol. The molecule has 2 aromatic carbocycles. The third kappa shape index (κ3) is 4.10. The molecular weight excluding hydrogens is 323 g/mol. The van der Waals surface area contributed by atoms with Crippen LogP contribution in [-0.4, -0.2) is 13.3 Å². The molecule has 0 unspecified atom stereocenters. The van der Waals surface area contributed by atoms with E-state index in [1.54, 1.807) is 18.2 Å². The number of rotatable bonds is 6. The zero-order valence-electron chi connectivity index (χ0n) is 14.4. The largest absolute Gasteiger partial charge is 0.513 e. The summed E-state index contributed by atoms with van der Waals surface area (Å²) in [7, 11) is 1.25. The minimum absolute atomic E-state index is 0.178. The molecule has 0 N–H and O–H groups in total. The van der Waals surface area contributed by atoms with E-state index in [0.29, 0.717) is 35.0 Å². The second kappa shape index (κ2) is 7.55. The van der Waals surface area contributed by atoms with Gasteiger partial charge in [-0.1, -0.05) is 25.1 Å². The summed E-state index contributed by atoms with van der Waals surface area (Å²) in [5.41, 5.74) is 2.46. The third-order valence-corrected chi connectivity index (χ3v) is 4.29. The van der Waals surface area contributed by atoms with Crippen LogP contribution in [0.3, 0.4) is 0 Å². The van der Waals surface area contributed by atoms with Crippen LogP contribution in [0, 0.1) is 5.82 Å². The second-order valence-corrected chi connectivity index (χ2v) is 6.06. The molecule has 25 heavy (non-hydrogen) atoms. The van der Waals surface area contributed by atoms with Gasteiger partial charge >= 0.3 is 6.16 Å². The summed E-state index contributed by atoms with van der Waals surface area (Å²) in [5.74, 6) is 1.13. The summed E-state index contributed by atoms with van der Waals surface area (Å²) < 4.78 is 29.7. The van der Waals surface area contributed by atoms with Crippen molar-refractivity contribution in [1.29, 1.82) is 0 Å². The highest BCUT2D eigenvalue weighted by Crippen LogP contribution is 2.45. The first-order chi connectivity index (χ1) is 12.1. The molecular formula is C20H21FO4. The monoisotopic (exact) mass is 344 g/mol. The molecule has 0 atom stereocenters. The fraction of sp³-hybridized carbons (Fsp3) is 0.350. The van der Waals surface area contributed by atoms with Crippen LogP contribution in [0.5, 0.6) is 11.5 Å². The van der Waals surface area contributed by atoms with Crippen molar-refractivity contribution >= 4 is 6.16 Å². The van der Waals surface area contributed by atoms with Crippen LogP contribution in [0.2, 0.25) is 0 Å². The third-order valence-electron chi connectivity index (χ3n) is 4.29. The highest BCUT2D eigenvalue weighted by Gasteiger charge is 2.28. The molecule has 1 saturated carbocycles. The fourth-order valence-electron chi connectivity index (χ4n) is 2.74. The van der Waals surface area contributed by atoms with Crippen LogP contribution in [0.4, 0.5) is 9.18 Å². The lowest BCUT2D eigenvalue weighted by atomic mass is 10.0. The molecule has 0 heterocycles. The molecule has 0 aliphatic heterocycles. The molecule has 5 heteroatoms. The van der Waals surface area contributed by atoms with Gasteiger partial charge in [-0.05, 0) is 48.4 Å². The van der Waals surface area contributed by atoms with Gasteiger partial charge in [0.2, 0.25) is 0 Å². The van der Waals surface area contributed by atoms with Crippen molar-refractivity contribution in [3.8, 4) is 11.5 Å². The Morgan fingerprint density at radius 1 is 1.16 bits per heavy atom. The quantitative estimate of drug-likeness (QED) is 0.547. The molecule has 4 nitrogen and oxygen atoms in total. The van der Waals surface area contributed by atoms with Gasteiger partial charge in [0.25, 0.3) is 0 Å². The predicted molar refractivity (Wildman–Crippen MR) is 91.6 cm³/mol. The summed E-state index contributed by atoms with van der Waals surface area (Å²) in [5, 5.41) is 0. The topological polar surface area (TPSA) is 44.8 Å². The molecule has 2 aromatic rings. The molecule has 0 bridgehead atoms. The number of halogens is 1.